The number of unbranched alkanes of at least 4 members (excludes halogenated alkanes) is 1. The summed E-state index contributed by atoms with van der Waals surface area (Å²) in [5.41, 5.74) is 1.58. The zero-order valence-electron chi connectivity index (χ0n) is 6.85. The van der Waals surface area contributed by atoms with Crippen molar-refractivity contribution in [2.75, 3.05) is 13.3 Å². The Bertz CT molecular complexity index is 82.8. The van der Waals surface area contributed by atoms with Crippen LogP contribution < -0.4 is 5.54 Å². The second-order valence-corrected chi connectivity index (χ2v) is 2.49. The summed E-state index contributed by atoms with van der Waals surface area (Å²) in [6, 6.07) is 0. The molecule has 0 spiro atoms. The summed E-state index contributed by atoms with van der Waals surface area (Å²) in [5.74, 6) is 0. The molecule has 0 aromatic heterocycles. The van der Waals surface area contributed by atoms with Crippen LogP contribution in [0.4, 0.5) is 4.48 Å². The number of aliphatic hydroxyl groups is 1. The van der Waals surface area contributed by atoms with Crippen LogP contribution in [0.5, 0.6) is 0 Å². The molecule has 0 aromatic rings. The average Bonchev–Trinajstić information content (AvgIpc) is 1.99. The summed E-state index contributed by atoms with van der Waals surface area (Å²) in [6.07, 6.45) is 2.65. The lowest BCUT2D eigenvalue weighted by atomic mass is 10.2. The first-order valence-electron chi connectivity index (χ1n) is 3.87. The molecule has 3 nitrogen and oxygen atoms in total. The van der Waals surface area contributed by atoms with Crippen molar-refractivity contribution in [3.8, 4) is 0 Å². The molecule has 4 heteroatoms. The van der Waals surface area contributed by atoms with Gasteiger partial charge in [-0.3, -0.25) is 0 Å². The van der Waals surface area contributed by atoms with Crippen molar-refractivity contribution >= 4 is 0 Å². The predicted molar refractivity (Wildman–Crippen MR) is 40.6 cm³/mol. The minimum atomic E-state index is -0.234. The molecule has 0 saturated heterocycles. The van der Waals surface area contributed by atoms with Crippen molar-refractivity contribution in [3.63, 3.8) is 0 Å². The number of halogens is 1. The fourth-order valence-corrected chi connectivity index (χ4v) is 0.834. The van der Waals surface area contributed by atoms with E-state index in [1.165, 1.54) is 0 Å². The van der Waals surface area contributed by atoms with E-state index in [9.17, 15) is 4.48 Å². The second kappa shape index (κ2) is 7.91. The summed E-state index contributed by atoms with van der Waals surface area (Å²) in [6.45, 7) is 2.05. The first kappa shape index (κ1) is 10.8. The second-order valence-electron chi connectivity index (χ2n) is 2.49. The molecule has 0 radical (unpaired) electrons. The summed E-state index contributed by atoms with van der Waals surface area (Å²) >= 11 is 0. The zero-order chi connectivity index (χ0) is 8.53. The fourth-order valence-electron chi connectivity index (χ4n) is 0.834. The third kappa shape index (κ3) is 7.71. The van der Waals surface area contributed by atoms with Crippen LogP contribution in [-0.4, -0.2) is 24.5 Å². The van der Waals surface area contributed by atoms with Gasteiger partial charge in [0.05, 0.1) is 6.10 Å². The first-order chi connectivity index (χ1) is 5.31. The van der Waals surface area contributed by atoms with Crippen LogP contribution in [-0.2, 0) is 4.74 Å². The third-order valence-electron chi connectivity index (χ3n) is 1.49. The maximum absolute atomic E-state index is 11.3. The highest BCUT2D eigenvalue weighted by atomic mass is 19.2. The molecule has 2 N–H and O–H groups in total. The van der Waals surface area contributed by atoms with Crippen molar-refractivity contribution in [3.05, 3.63) is 0 Å². The van der Waals surface area contributed by atoms with Crippen LogP contribution in [0.15, 0.2) is 0 Å². The van der Waals surface area contributed by atoms with Crippen LogP contribution in [0.25, 0.3) is 0 Å². The van der Waals surface area contributed by atoms with Gasteiger partial charge in [-0.1, -0.05) is 0 Å². The molecule has 1 unspecified atom stereocenters. The molecule has 0 rings (SSSR count). The van der Waals surface area contributed by atoms with Gasteiger partial charge in [-0.05, 0) is 26.2 Å². The van der Waals surface area contributed by atoms with E-state index in [2.05, 4.69) is 0 Å². The number of rotatable bonds is 7. The average molecular weight is 165 g/mol. The molecule has 68 valence electrons. The SMILES string of the molecule is CC(CCCCNF)OCO. The molecule has 0 saturated carbocycles. The van der Waals surface area contributed by atoms with E-state index in [1.807, 2.05) is 6.92 Å². The van der Waals surface area contributed by atoms with Crippen LogP contribution in [0.2, 0.25) is 0 Å². The molecular weight excluding hydrogens is 149 g/mol. The van der Waals surface area contributed by atoms with Gasteiger partial charge in [-0.25, -0.2) is 0 Å². The van der Waals surface area contributed by atoms with E-state index in [-0.39, 0.29) is 12.9 Å². The molecule has 1 atom stereocenters. The van der Waals surface area contributed by atoms with Crippen molar-refractivity contribution in [2.24, 2.45) is 0 Å². The Balaban J connectivity index is 2.97. The minimum Gasteiger partial charge on any atom is -0.371 e. The highest BCUT2D eigenvalue weighted by molar-refractivity contribution is 4.50. The van der Waals surface area contributed by atoms with E-state index in [0.29, 0.717) is 6.54 Å². The molecule has 0 bridgehead atoms. The predicted octanol–water partition coefficient (Wildman–Crippen LogP) is 0.986. The summed E-state index contributed by atoms with van der Waals surface area (Å²) in [4.78, 5) is 0. The number of hydrogen-bond acceptors (Lipinski definition) is 3. The Morgan fingerprint density at radius 3 is 2.82 bits per heavy atom. The van der Waals surface area contributed by atoms with Gasteiger partial charge in [0.25, 0.3) is 0 Å². The molecule has 11 heavy (non-hydrogen) atoms. The van der Waals surface area contributed by atoms with Gasteiger partial charge in [-0.15, -0.1) is 4.48 Å². The summed E-state index contributed by atoms with van der Waals surface area (Å²) < 4.78 is 16.2. The van der Waals surface area contributed by atoms with E-state index >= 15 is 0 Å². The standard InChI is InChI=1S/C7H16FNO2/c1-7(11-6-10)4-2-3-5-9-8/h7,9-10H,2-6H2,1H3. The Kier molecular flexibility index (Phi) is 7.78. The Hall–Kier alpha value is -0.190. The monoisotopic (exact) mass is 165 g/mol. The number of hydrogen-bond donors (Lipinski definition) is 2. The molecular formula is C7H16FNO2. The zero-order valence-corrected chi connectivity index (χ0v) is 6.85. The third-order valence-corrected chi connectivity index (χ3v) is 1.49. The summed E-state index contributed by atoms with van der Waals surface area (Å²) in [5, 5.41) is 8.34. The van der Waals surface area contributed by atoms with Crippen LogP contribution in [0, 0.1) is 0 Å². The van der Waals surface area contributed by atoms with Gasteiger partial charge >= 0.3 is 0 Å². The summed E-state index contributed by atoms with van der Waals surface area (Å²) in [7, 11) is 0. The van der Waals surface area contributed by atoms with Crippen molar-refractivity contribution in [1.82, 2.24) is 5.54 Å². The molecule has 0 aliphatic carbocycles. The lowest BCUT2D eigenvalue weighted by molar-refractivity contribution is -0.0457. The Labute approximate surface area is 66.5 Å². The van der Waals surface area contributed by atoms with Gasteiger partial charge < -0.3 is 9.84 Å². The van der Waals surface area contributed by atoms with Gasteiger partial charge in [0.1, 0.15) is 6.79 Å². The van der Waals surface area contributed by atoms with Gasteiger partial charge in [0, 0.05) is 6.54 Å². The van der Waals surface area contributed by atoms with Crippen molar-refractivity contribution in [1.29, 1.82) is 0 Å². The molecule has 0 aromatic carbocycles. The Morgan fingerprint density at radius 1 is 1.55 bits per heavy atom. The molecule has 0 heterocycles. The van der Waals surface area contributed by atoms with E-state index in [1.54, 1.807) is 5.54 Å². The molecule has 0 aliphatic heterocycles. The fraction of sp³-hybridized carbons (Fsp3) is 1.00. The number of aliphatic hydroxyl groups excluding tert-OH is 1. The minimum absolute atomic E-state index is 0.0691. The normalized spacial score (nSPS) is 13.4. The molecule has 0 fully saturated rings. The maximum atomic E-state index is 11.3. The lowest BCUT2D eigenvalue weighted by Gasteiger charge is -2.09. The number of ether oxygens (including phenoxy) is 1. The van der Waals surface area contributed by atoms with E-state index in [0.717, 1.165) is 19.3 Å². The highest BCUT2D eigenvalue weighted by Crippen LogP contribution is 2.02. The van der Waals surface area contributed by atoms with E-state index in [4.69, 9.17) is 9.84 Å². The van der Waals surface area contributed by atoms with Crippen LogP contribution in [0.1, 0.15) is 26.2 Å². The van der Waals surface area contributed by atoms with Crippen molar-refractivity contribution < 1.29 is 14.3 Å². The first-order valence-corrected chi connectivity index (χ1v) is 3.87. The highest BCUT2D eigenvalue weighted by Gasteiger charge is 1.99. The maximum Gasteiger partial charge on any atom is 0.143 e. The van der Waals surface area contributed by atoms with Gasteiger partial charge in [0.2, 0.25) is 0 Å². The lowest BCUT2D eigenvalue weighted by Crippen LogP contribution is -2.10. The molecule has 0 amide bonds. The number of nitrogens with one attached hydrogen (secondary N) is 1. The van der Waals surface area contributed by atoms with Crippen LogP contribution in [0.3, 0.4) is 0 Å². The van der Waals surface area contributed by atoms with E-state index < -0.39 is 0 Å². The largest absolute Gasteiger partial charge is 0.371 e. The quantitative estimate of drug-likeness (QED) is 0.336. The van der Waals surface area contributed by atoms with Crippen molar-refractivity contribution in [2.45, 2.75) is 32.3 Å². The topological polar surface area (TPSA) is 41.5 Å². The smallest absolute Gasteiger partial charge is 0.143 e. The van der Waals surface area contributed by atoms with Gasteiger partial charge in [-0.2, -0.15) is 5.54 Å². The van der Waals surface area contributed by atoms with Gasteiger partial charge in [0.15, 0.2) is 0 Å². The molecule has 0 aliphatic rings. The Morgan fingerprint density at radius 2 is 2.27 bits per heavy atom. The van der Waals surface area contributed by atoms with Crippen LogP contribution >= 0.6 is 0 Å².